The number of benzene rings is 1. The predicted molar refractivity (Wildman–Crippen MR) is 95.5 cm³/mol. The fourth-order valence-electron chi connectivity index (χ4n) is 3.61. The molecule has 4 heteroatoms. The summed E-state index contributed by atoms with van der Waals surface area (Å²) >= 11 is 2.49. The van der Waals surface area contributed by atoms with Gasteiger partial charge in [0.05, 0.1) is 0 Å². The van der Waals surface area contributed by atoms with Crippen LogP contribution in [0.25, 0.3) is 0 Å². The molecule has 2 saturated heterocycles. The molecule has 0 saturated carbocycles. The molecule has 1 N–H and O–H groups in total. The van der Waals surface area contributed by atoms with E-state index in [1.165, 1.54) is 54.6 Å². The highest BCUT2D eigenvalue weighted by molar-refractivity contribution is 14.1. The third-order valence-corrected chi connectivity index (χ3v) is 5.65. The Hall–Kier alpha value is 0.160. The Morgan fingerprint density at radius 3 is 2.90 bits per heavy atom. The van der Waals surface area contributed by atoms with Crippen molar-refractivity contribution in [2.75, 3.05) is 26.2 Å². The lowest BCUT2D eigenvalue weighted by Crippen LogP contribution is -2.37. The number of likely N-dealkylation sites (tertiary alicyclic amines) is 1. The van der Waals surface area contributed by atoms with E-state index in [-0.39, 0.29) is 12.4 Å². The van der Waals surface area contributed by atoms with Crippen molar-refractivity contribution >= 4 is 35.0 Å². The largest absolute Gasteiger partial charge is 0.316 e. The van der Waals surface area contributed by atoms with Gasteiger partial charge in [-0.25, -0.2) is 0 Å². The smallest absolute Gasteiger partial charge is 0.0359 e. The van der Waals surface area contributed by atoms with E-state index < -0.39 is 0 Å². The van der Waals surface area contributed by atoms with Crippen molar-refractivity contribution in [3.63, 3.8) is 0 Å². The van der Waals surface area contributed by atoms with Gasteiger partial charge in [0, 0.05) is 22.7 Å². The second-order valence-electron chi connectivity index (χ2n) is 6.39. The molecule has 2 atom stereocenters. The highest BCUT2D eigenvalue weighted by Crippen LogP contribution is 2.37. The van der Waals surface area contributed by atoms with Crippen LogP contribution in [-0.2, 0) is 0 Å². The SMILES string of the molecule is CC1(CN2CCCC2c2ccccc2I)CCNC1.Cl. The van der Waals surface area contributed by atoms with Crippen LogP contribution in [0.2, 0.25) is 0 Å². The number of hydrogen-bond acceptors (Lipinski definition) is 2. The lowest BCUT2D eigenvalue weighted by molar-refractivity contribution is 0.165. The van der Waals surface area contributed by atoms with Gasteiger partial charge in [0.2, 0.25) is 0 Å². The highest BCUT2D eigenvalue weighted by atomic mass is 127. The molecule has 2 aliphatic rings. The Labute approximate surface area is 142 Å². The van der Waals surface area contributed by atoms with Crippen LogP contribution in [-0.4, -0.2) is 31.1 Å². The summed E-state index contributed by atoms with van der Waals surface area (Å²) in [5.74, 6) is 0. The minimum absolute atomic E-state index is 0. The fourth-order valence-corrected chi connectivity index (χ4v) is 4.35. The highest BCUT2D eigenvalue weighted by Gasteiger charge is 2.35. The summed E-state index contributed by atoms with van der Waals surface area (Å²) in [5.41, 5.74) is 2.01. The second kappa shape index (κ2) is 6.95. The topological polar surface area (TPSA) is 15.3 Å². The van der Waals surface area contributed by atoms with Crippen LogP contribution in [0.15, 0.2) is 24.3 Å². The standard InChI is InChI=1S/C16H23IN2.ClH/c1-16(8-9-18-11-16)12-19-10-4-7-15(19)13-5-2-3-6-14(13)17;/h2-3,5-6,15,18H,4,7-12H2,1H3;1H. The van der Waals surface area contributed by atoms with Crippen molar-refractivity contribution in [3.05, 3.63) is 33.4 Å². The second-order valence-corrected chi connectivity index (χ2v) is 7.55. The molecule has 0 bridgehead atoms. The van der Waals surface area contributed by atoms with Gasteiger partial charge in [-0.15, -0.1) is 12.4 Å². The molecular formula is C16H24ClIN2. The van der Waals surface area contributed by atoms with Crippen molar-refractivity contribution in [1.29, 1.82) is 0 Å². The Morgan fingerprint density at radius 1 is 1.40 bits per heavy atom. The molecule has 0 spiro atoms. The maximum atomic E-state index is 3.52. The van der Waals surface area contributed by atoms with E-state index in [4.69, 9.17) is 0 Å². The average Bonchev–Trinajstić information content (AvgIpc) is 3.00. The van der Waals surface area contributed by atoms with Crippen LogP contribution in [0.5, 0.6) is 0 Å². The monoisotopic (exact) mass is 406 g/mol. The van der Waals surface area contributed by atoms with Gasteiger partial charge in [0.1, 0.15) is 0 Å². The molecule has 2 fully saturated rings. The predicted octanol–water partition coefficient (Wildman–Crippen LogP) is 3.85. The van der Waals surface area contributed by atoms with Gasteiger partial charge in [0.25, 0.3) is 0 Å². The van der Waals surface area contributed by atoms with E-state index >= 15 is 0 Å². The first-order valence-corrected chi connectivity index (χ1v) is 8.45. The van der Waals surface area contributed by atoms with Crippen molar-refractivity contribution in [2.45, 2.75) is 32.2 Å². The molecule has 20 heavy (non-hydrogen) atoms. The van der Waals surface area contributed by atoms with Crippen LogP contribution < -0.4 is 5.32 Å². The minimum atomic E-state index is 0. The van der Waals surface area contributed by atoms with E-state index in [0.29, 0.717) is 11.5 Å². The van der Waals surface area contributed by atoms with Crippen molar-refractivity contribution in [1.82, 2.24) is 10.2 Å². The molecule has 2 unspecified atom stereocenters. The maximum absolute atomic E-state index is 3.52. The molecule has 2 heterocycles. The first-order chi connectivity index (χ1) is 9.18. The molecule has 112 valence electrons. The zero-order valence-electron chi connectivity index (χ0n) is 12.1. The van der Waals surface area contributed by atoms with Gasteiger partial charge in [-0.3, -0.25) is 4.90 Å². The average molecular weight is 407 g/mol. The number of halogens is 2. The van der Waals surface area contributed by atoms with Crippen LogP contribution in [0.4, 0.5) is 0 Å². The van der Waals surface area contributed by atoms with Crippen molar-refractivity contribution in [2.24, 2.45) is 5.41 Å². The zero-order valence-corrected chi connectivity index (χ0v) is 15.0. The third-order valence-electron chi connectivity index (χ3n) is 4.67. The summed E-state index contributed by atoms with van der Waals surface area (Å²) in [6.07, 6.45) is 3.99. The molecule has 0 amide bonds. The van der Waals surface area contributed by atoms with E-state index in [2.05, 4.69) is 64.0 Å². The molecule has 0 radical (unpaired) electrons. The van der Waals surface area contributed by atoms with E-state index in [1.807, 2.05) is 0 Å². The molecule has 2 nitrogen and oxygen atoms in total. The summed E-state index contributed by atoms with van der Waals surface area (Å²) < 4.78 is 1.42. The summed E-state index contributed by atoms with van der Waals surface area (Å²) in [6, 6.07) is 9.54. The van der Waals surface area contributed by atoms with Gasteiger partial charge in [-0.2, -0.15) is 0 Å². The van der Waals surface area contributed by atoms with E-state index in [0.717, 1.165) is 0 Å². The van der Waals surface area contributed by atoms with E-state index in [9.17, 15) is 0 Å². The molecule has 0 aromatic heterocycles. The first-order valence-electron chi connectivity index (χ1n) is 7.37. The first kappa shape index (κ1) is 16.5. The Balaban J connectivity index is 0.00000147. The van der Waals surface area contributed by atoms with Crippen LogP contribution in [0.1, 0.15) is 37.8 Å². The zero-order chi connectivity index (χ0) is 13.3. The molecule has 3 rings (SSSR count). The number of hydrogen-bond donors (Lipinski definition) is 1. The maximum Gasteiger partial charge on any atom is 0.0359 e. The Kier molecular flexibility index (Phi) is 5.74. The molecule has 1 aromatic carbocycles. The normalized spacial score (nSPS) is 30.4. The van der Waals surface area contributed by atoms with Crippen LogP contribution in [0.3, 0.4) is 0 Å². The number of nitrogens with zero attached hydrogens (tertiary/aromatic N) is 1. The Bertz CT molecular complexity index is 446. The summed E-state index contributed by atoms with van der Waals surface area (Å²) in [5, 5.41) is 3.52. The van der Waals surface area contributed by atoms with Gasteiger partial charge in [-0.05, 0) is 72.0 Å². The lowest BCUT2D eigenvalue weighted by atomic mass is 9.88. The Morgan fingerprint density at radius 2 is 2.20 bits per heavy atom. The summed E-state index contributed by atoms with van der Waals surface area (Å²) in [4.78, 5) is 2.73. The van der Waals surface area contributed by atoms with E-state index in [1.54, 1.807) is 0 Å². The molecule has 2 aliphatic heterocycles. The van der Waals surface area contributed by atoms with Gasteiger partial charge >= 0.3 is 0 Å². The van der Waals surface area contributed by atoms with Gasteiger partial charge in [0.15, 0.2) is 0 Å². The molecule has 1 aromatic rings. The molecular weight excluding hydrogens is 383 g/mol. The van der Waals surface area contributed by atoms with Crippen LogP contribution >= 0.6 is 35.0 Å². The molecule has 0 aliphatic carbocycles. The van der Waals surface area contributed by atoms with Gasteiger partial charge in [-0.1, -0.05) is 25.1 Å². The quantitative estimate of drug-likeness (QED) is 0.767. The van der Waals surface area contributed by atoms with Crippen LogP contribution in [0, 0.1) is 8.99 Å². The number of rotatable bonds is 3. The minimum Gasteiger partial charge on any atom is -0.316 e. The van der Waals surface area contributed by atoms with Crippen molar-refractivity contribution in [3.8, 4) is 0 Å². The summed E-state index contributed by atoms with van der Waals surface area (Å²) in [7, 11) is 0. The third kappa shape index (κ3) is 3.49. The van der Waals surface area contributed by atoms with Crippen molar-refractivity contribution < 1.29 is 0 Å². The van der Waals surface area contributed by atoms with Gasteiger partial charge < -0.3 is 5.32 Å². The summed E-state index contributed by atoms with van der Waals surface area (Å²) in [6.45, 7) is 7.33. The lowest BCUT2D eigenvalue weighted by Gasteiger charge is -2.33. The number of nitrogens with one attached hydrogen (secondary N) is 1. The fraction of sp³-hybridized carbons (Fsp3) is 0.625.